The molecule has 106 valence electrons. The van der Waals surface area contributed by atoms with Crippen LogP contribution in [0, 0.1) is 0 Å². The van der Waals surface area contributed by atoms with Crippen molar-refractivity contribution in [3.05, 3.63) is 47.2 Å². The number of benzene rings is 1. The van der Waals surface area contributed by atoms with Crippen LogP contribution >= 0.6 is 0 Å². The number of rotatable bonds is 4. The van der Waals surface area contributed by atoms with E-state index in [0.29, 0.717) is 17.8 Å². The van der Waals surface area contributed by atoms with Crippen molar-refractivity contribution < 1.29 is 19.8 Å². The number of likely N-dealkylation sites (N-methyl/N-ethyl adjacent to an activating group) is 1. The number of carboxylic acids is 2. The summed E-state index contributed by atoms with van der Waals surface area (Å²) in [5, 5.41) is 19.0. The van der Waals surface area contributed by atoms with Crippen LogP contribution in [0.15, 0.2) is 41.6 Å². The smallest absolute Gasteiger partial charge is 0.334 e. The minimum Gasteiger partial charge on any atom is -0.480 e. The summed E-state index contributed by atoms with van der Waals surface area (Å²) in [7, 11) is 0. The maximum atomic E-state index is 11.6. The van der Waals surface area contributed by atoms with Gasteiger partial charge in [0, 0.05) is 18.2 Å². The first-order chi connectivity index (χ1) is 9.49. The maximum Gasteiger partial charge on any atom is 0.334 e. The summed E-state index contributed by atoms with van der Waals surface area (Å²) in [5.41, 5.74) is 1.42. The molecule has 0 bridgehead atoms. The van der Waals surface area contributed by atoms with Gasteiger partial charge in [-0.15, -0.1) is 0 Å². The molecule has 0 radical (unpaired) electrons. The monoisotopic (exact) mass is 275 g/mol. The molecule has 1 aliphatic heterocycles. The first-order valence-corrected chi connectivity index (χ1v) is 6.47. The van der Waals surface area contributed by atoms with Crippen LogP contribution in [0.25, 0.3) is 0 Å². The second-order valence-corrected chi connectivity index (χ2v) is 4.76. The van der Waals surface area contributed by atoms with E-state index in [-0.39, 0.29) is 5.57 Å². The third kappa shape index (κ3) is 2.15. The lowest BCUT2D eigenvalue weighted by Gasteiger charge is -2.27. The number of nitrogens with zero attached hydrogens (tertiary/aromatic N) is 1. The Labute approximate surface area is 117 Å². The maximum absolute atomic E-state index is 11.6. The number of aliphatic carboxylic acids is 2. The van der Waals surface area contributed by atoms with Crippen LogP contribution in [0.4, 0.5) is 0 Å². The summed E-state index contributed by atoms with van der Waals surface area (Å²) in [6.45, 7) is 3.96. The molecule has 0 spiro atoms. The van der Waals surface area contributed by atoms with E-state index in [1.54, 1.807) is 36.1 Å². The number of carboxylic acid groups (broad SMARTS) is 2. The lowest BCUT2D eigenvalue weighted by atomic mass is 9.87. The fourth-order valence-electron chi connectivity index (χ4n) is 2.93. The Morgan fingerprint density at radius 3 is 2.25 bits per heavy atom. The standard InChI is InChI=1S/C15H17NO4/c1-3-16-9(2)11(14(17)18)12(13(16)15(19)20)10-7-5-4-6-8-10/h4-8,12-13H,3H2,1-2H3,(H,17,18)(H,19,20). The van der Waals surface area contributed by atoms with Crippen molar-refractivity contribution >= 4 is 11.9 Å². The number of hydrogen-bond donors (Lipinski definition) is 2. The number of hydrogen-bond acceptors (Lipinski definition) is 3. The van der Waals surface area contributed by atoms with E-state index < -0.39 is 23.9 Å². The zero-order chi connectivity index (χ0) is 14.9. The third-order valence-electron chi connectivity index (χ3n) is 3.77. The highest BCUT2D eigenvalue weighted by molar-refractivity contribution is 5.93. The van der Waals surface area contributed by atoms with Gasteiger partial charge in [-0.1, -0.05) is 30.3 Å². The number of carbonyl (C=O) groups is 2. The highest BCUT2D eigenvalue weighted by Crippen LogP contribution is 2.41. The Morgan fingerprint density at radius 1 is 1.20 bits per heavy atom. The Morgan fingerprint density at radius 2 is 1.80 bits per heavy atom. The summed E-state index contributed by atoms with van der Waals surface area (Å²) < 4.78 is 0. The lowest BCUT2D eigenvalue weighted by molar-refractivity contribution is -0.142. The van der Waals surface area contributed by atoms with Crippen molar-refractivity contribution in [1.29, 1.82) is 0 Å². The molecule has 2 atom stereocenters. The normalized spacial score (nSPS) is 22.2. The molecule has 0 amide bonds. The Kier molecular flexibility index (Phi) is 3.79. The topological polar surface area (TPSA) is 77.8 Å². The second kappa shape index (κ2) is 5.36. The van der Waals surface area contributed by atoms with Crippen LogP contribution < -0.4 is 0 Å². The fraction of sp³-hybridized carbons (Fsp3) is 0.333. The van der Waals surface area contributed by atoms with Crippen LogP contribution in [0.1, 0.15) is 25.3 Å². The molecule has 5 nitrogen and oxygen atoms in total. The van der Waals surface area contributed by atoms with Crippen molar-refractivity contribution in [3.63, 3.8) is 0 Å². The van der Waals surface area contributed by atoms with E-state index in [4.69, 9.17) is 0 Å². The molecule has 1 aromatic carbocycles. The molecule has 0 aliphatic carbocycles. The van der Waals surface area contributed by atoms with Crippen molar-refractivity contribution in [2.75, 3.05) is 6.54 Å². The second-order valence-electron chi connectivity index (χ2n) is 4.76. The molecule has 1 aromatic rings. The summed E-state index contributed by atoms with van der Waals surface area (Å²) in [6.07, 6.45) is 0. The Bertz CT molecular complexity index is 564. The minimum absolute atomic E-state index is 0.172. The molecular formula is C15H17NO4. The predicted molar refractivity (Wildman–Crippen MR) is 73.3 cm³/mol. The van der Waals surface area contributed by atoms with Crippen LogP contribution in [0.3, 0.4) is 0 Å². The molecule has 0 saturated heterocycles. The molecule has 2 rings (SSSR count). The quantitative estimate of drug-likeness (QED) is 0.877. The highest BCUT2D eigenvalue weighted by Gasteiger charge is 2.46. The average molecular weight is 275 g/mol. The highest BCUT2D eigenvalue weighted by atomic mass is 16.4. The molecular weight excluding hydrogens is 258 g/mol. The first kappa shape index (κ1) is 14.1. The molecule has 0 fully saturated rings. The van der Waals surface area contributed by atoms with E-state index in [1.165, 1.54) is 0 Å². The van der Waals surface area contributed by atoms with E-state index >= 15 is 0 Å². The van der Waals surface area contributed by atoms with Gasteiger partial charge in [-0.05, 0) is 19.4 Å². The summed E-state index contributed by atoms with van der Waals surface area (Å²) in [4.78, 5) is 24.8. The van der Waals surface area contributed by atoms with Gasteiger partial charge in [0.15, 0.2) is 0 Å². The van der Waals surface area contributed by atoms with E-state index in [1.807, 2.05) is 13.0 Å². The van der Waals surface area contributed by atoms with Gasteiger partial charge in [0.25, 0.3) is 0 Å². The van der Waals surface area contributed by atoms with Crippen LogP contribution in [-0.4, -0.2) is 39.6 Å². The molecule has 2 unspecified atom stereocenters. The molecule has 0 aromatic heterocycles. The zero-order valence-corrected chi connectivity index (χ0v) is 11.4. The van der Waals surface area contributed by atoms with Gasteiger partial charge in [0.1, 0.15) is 6.04 Å². The minimum atomic E-state index is -1.06. The molecule has 5 heteroatoms. The van der Waals surface area contributed by atoms with Crippen LogP contribution in [-0.2, 0) is 9.59 Å². The molecule has 2 N–H and O–H groups in total. The van der Waals surface area contributed by atoms with Gasteiger partial charge in [-0.3, -0.25) is 0 Å². The Hall–Kier alpha value is -2.30. The van der Waals surface area contributed by atoms with Crippen molar-refractivity contribution in [1.82, 2.24) is 4.90 Å². The lowest BCUT2D eigenvalue weighted by Crippen LogP contribution is -2.39. The molecule has 1 heterocycles. The van der Waals surface area contributed by atoms with Gasteiger partial charge in [0.2, 0.25) is 0 Å². The molecule has 20 heavy (non-hydrogen) atoms. The van der Waals surface area contributed by atoms with Gasteiger partial charge < -0.3 is 15.1 Å². The van der Waals surface area contributed by atoms with E-state index in [0.717, 1.165) is 0 Å². The molecule has 1 aliphatic rings. The van der Waals surface area contributed by atoms with Gasteiger partial charge in [-0.2, -0.15) is 0 Å². The first-order valence-electron chi connectivity index (χ1n) is 6.47. The van der Waals surface area contributed by atoms with Crippen molar-refractivity contribution in [2.45, 2.75) is 25.8 Å². The van der Waals surface area contributed by atoms with Crippen molar-refractivity contribution in [3.8, 4) is 0 Å². The summed E-state index contributed by atoms with van der Waals surface area (Å²) >= 11 is 0. The summed E-state index contributed by atoms with van der Waals surface area (Å²) in [5.74, 6) is -2.71. The number of allylic oxidation sites excluding steroid dienone is 1. The fourth-order valence-corrected chi connectivity index (χ4v) is 2.93. The predicted octanol–water partition coefficient (Wildman–Crippen LogP) is 1.92. The summed E-state index contributed by atoms with van der Waals surface area (Å²) in [6, 6.07) is 8.08. The van der Waals surface area contributed by atoms with Gasteiger partial charge in [0.05, 0.1) is 5.57 Å². The average Bonchev–Trinajstić information content (AvgIpc) is 2.72. The van der Waals surface area contributed by atoms with Gasteiger partial charge >= 0.3 is 11.9 Å². The Balaban J connectivity index is 2.59. The molecule has 0 saturated carbocycles. The van der Waals surface area contributed by atoms with Crippen LogP contribution in [0.2, 0.25) is 0 Å². The third-order valence-corrected chi connectivity index (χ3v) is 3.77. The van der Waals surface area contributed by atoms with Crippen molar-refractivity contribution in [2.24, 2.45) is 0 Å². The van der Waals surface area contributed by atoms with E-state index in [2.05, 4.69) is 0 Å². The van der Waals surface area contributed by atoms with Crippen LogP contribution in [0.5, 0.6) is 0 Å². The SMILES string of the molecule is CCN1C(C)=C(C(=O)O)C(c2ccccc2)C1C(=O)O. The van der Waals surface area contributed by atoms with Gasteiger partial charge in [-0.25, -0.2) is 9.59 Å². The van der Waals surface area contributed by atoms with E-state index in [9.17, 15) is 19.8 Å². The zero-order valence-electron chi connectivity index (χ0n) is 11.4. The largest absolute Gasteiger partial charge is 0.480 e.